The maximum absolute atomic E-state index is 12.6. The van der Waals surface area contributed by atoms with Crippen molar-refractivity contribution in [3.63, 3.8) is 0 Å². The number of nitrogens with zero attached hydrogens (tertiary/aromatic N) is 5. The molecular formula is C16H21N5O2S. The zero-order valence-electron chi connectivity index (χ0n) is 13.6. The second kappa shape index (κ2) is 7.00. The fraction of sp³-hybridized carbons (Fsp3) is 0.562. The van der Waals surface area contributed by atoms with Crippen LogP contribution in [0.1, 0.15) is 20.9 Å². The minimum Gasteiger partial charge on any atom is -0.379 e. The van der Waals surface area contributed by atoms with Crippen molar-refractivity contribution in [1.29, 1.82) is 0 Å². The van der Waals surface area contributed by atoms with E-state index < -0.39 is 0 Å². The first kappa shape index (κ1) is 15.7. The van der Waals surface area contributed by atoms with Gasteiger partial charge in [-0.25, -0.2) is 0 Å². The first-order chi connectivity index (χ1) is 11.8. The molecule has 0 bridgehead atoms. The normalized spacial score (nSPS) is 18.6. The van der Waals surface area contributed by atoms with Crippen molar-refractivity contribution in [2.24, 2.45) is 0 Å². The number of thiophene rings is 1. The van der Waals surface area contributed by atoms with Gasteiger partial charge in [-0.2, -0.15) is 0 Å². The molecular weight excluding hydrogens is 326 g/mol. The second-order valence-electron chi connectivity index (χ2n) is 6.17. The van der Waals surface area contributed by atoms with E-state index >= 15 is 0 Å². The summed E-state index contributed by atoms with van der Waals surface area (Å²) in [5.41, 5.74) is 1.70. The predicted molar refractivity (Wildman–Crippen MR) is 90.0 cm³/mol. The van der Waals surface area contributed by atoms with E-state index in [9.17, 15) is 4.79 Å². The van der Waals surface area contributed by atoms with E-state index in [1.54, 1.807) is 22.2 Å². The molecule has 0 spiro atoms. The van der Waals surface area contributed by atoms with Crippen molar-refractivity contribution in [3.8, 4) is 0 Å². The first-order valence-electron chi connectivity index (χ1n) is 8.34. The summed E-state index contributed by atoms with van der Waals surface area (Å²) < 4.78 is 7.11. The molecule has 1 saturated heterocycles. The third-order valence-corrected chi connectivity index (χ3v) is 5.62. The molecule has 7 nitrogen and oxygen atoms in total. The smallest absolute Gasteiger partial charge is 0.276 e. The van der Waals surface area contributed by atoms with E-state index in [4.69, 9.17) is 4.74 Å². The lowest BCUT2D eigenvalue weighted by Crippen LogP contribution is -2.38. The Morgan fingerprint density at radius 1 is 1.25 bits per heavy atom. The molecule has 1 fully saturated rings. The van der Waals surface area contributed by atoms with Gasteiger partial charge in [0.15, 0.2) is 5.69 Å². The van der Waals surface area contributed by atoms with Gasteiger partial charge in [0.25, 0.3) is 5.91 Å². The van der Waals surface area contributed by atoms with Crippen molar-refractivity contribution in [3.05, 3.63) is 33.8 Å². The number of carbonyl (C=O) groups excluding carboxylic acids is 1. The topological polar surface area (TPSA) is 63.5 Å². The first-order valence-corrected chi connectivity index (χ1v) is 9.22. The maximum Gasteiger partial charge on any atom is 0.276 e. The van der Waals surface area contributed by atoms with E-state index in [0.29, 0.717) is 12.2 Å². The van der Waals surface area contributed by atoms with Crippen LogP contribution in [0.5, 0.6) is 0 Å². The Balaban J connectivity index is 1.35. The molecule has 24 heavy (non-hydrogen) atoms. The molecule has 2 aliphatic rings. The molecule has 0 aliphatic carbocycles. The quantitative estimate of drug-likeness (QED) is 0.821. The molecule has 0 saturated carbocycles. The van der Waals surface area contributed by atoms with Crippen molar-refractivity contribution >= 4 is 17.2 Å². The Morgan fingerprint density at radius 3 is 3.00 bits per heavy atom. The van der Waals surface area contributed by atoms with Crippen molar-refractivity contribution in [2.75, 3.05) is 39.4 Å². The van der Waals surface area contributed by atoms with Crippen LogP contribution in [0, 0.1) is 0 Å². The Kier molecular flexibility index (Phi) is 4.59. The molecule has 8 heteroatoms. The number of amides is 1. The summed E-state index contributed by atoms with van der Waals surface area (Å²) in [7, 11) is 0. The standard InChI is InChI=1S/C16H21N5O2S/c22-16(20-3-1-15-13(11-20)2-10-24-15)14-12-21(18-17-14)5-4-19-6-8-23-9-7-19/h2,10,12H,1,3-9,11H2. The zero-order valence-corrected chi connectivity index (χ0v) is 14.4. The molecule has 2 aromatic rings. The molecule has 1 amide bonds. The summed E-state index contributed by atoms with van der Waals surface area (Å²) in [4.78, 5) is 18.2. The minimum atomic E-state index is -0.0236. The number of aromatic nitrogens is 3. The number of morpholine rings is 1. The van der Waals surface area contributed by atoms with Gasteiger partial charge in [-0.15, -0.1) is 16.4 Å². The molecule has 2 aromatic heterocycles. The number of rotatable bonds is 4. The number of hydrogen-bond acceptors (Lipinski definition) is 6. The molecule has 0 atom stereocenters. The molecule has 4 rings (SSSR count). The number of ether oxygens (including phenoxy) is 1. The number of carbonyl (C=O) groups is 1. The third-order valence-electron chi connectivity index (χ3n) is 4.60. The van der Waals surface area contributed by atoms with Crippen LogP contribution in [0.3, 0.4) is 0 Å². The average molecular weight is 347 g/mol. The van der Waals surface area contributed by atoms with Gasteiger partial charge in [0.2, 0.25) is 0 Å². The lowest BCUT2D eigenvalue weighted by molar-refractivity contribution is 0.0359. The molecule has 4 heterocycles. The summed E-state index contributed by atoms with van der Waals surface area (Å²) in [5, 5.41) is 10.3. The number of fused-ring (bicyclic) bond motifs is 1. The molecule has 0 aromatic carbocycles. The summed E-state index contributed by atoms with van der Waals surface area (Å²) in [5.74, 6) is -0.0236. The van der Waals surface area contributed by atoms with Gasteiger partial charge in [-0.3, -0.25) is 14.4 Å². The second-order valence-corrected chi connectivity index (χ2v) is 7.17. The van der Waals surface area contributed by atoms with Gasteiger partial charge in [0.05, 0.1) is 26.0 Å². The van der Waals surface area contributed by atoms with Crippen LogP contribution in [0.4, 0.5) is 0 Å². The Morgan fingerprint density at radius 2 is 2.12 bits per heavy atom. The van der Waals surface area contributed by atoms with Crippen LogP contribution in [0.15, 0.2) is 17.6 Å². The van der Waals surface area contributed by atoms with Crippen LogP contribution in [0.25, 0.3) is 0 Å². The van der Waals surface area contributed by atoms with Gasteiger partial charge in [0.1, 0.15) is 0 Å². The van der Waals surface area contributed by atoms with Crippen LogP contribution in [0.2, 0.25) is 0 Å². The van der Waals surface area contributed by atoms with E-state index in [1.165, 1.54) is 10.4 Å². The highest BCUT2D eigenvalue weighted by Crippen LogP contribution is 2.24. The van der Waals surface area contributed by atoms with E-state index in [1.807, 2.05) is 4.90 Å². The Hall–Kier alpha value is -1.77. The highest BCUT2D eigenvalue weighted by molar-refractivity contribution is 7.10. The Bertz CT molecular complexity index is 707. The molecule has 0 radical (unpaired) electrons. The van der Waals surface area contributed by atoms with Gasteiger partial charge < -0.3 is 9.64 Å². The zero-order chi connectivity index (χ0) is 16.4. The maximum atomic E-state index is 12.6. The monoisotopic (exact) mass is 347 g/mol. The van der Waals surface area contributed by atoms with Gasteiger partial charge in [-0.05, 0) is 23.4 Å². The fourth-order valence-electron chi connectivity index (χ4n) is 3.16. The number of hydrogen-bond donors (Lipinski definition) is 0. The lowest BCUT2D eigenvalue weighted by Gasteiger charge is -2.26. The van der Waals surface area contributed by atoms with Crippen molar-refractivity contribution in [1.82, 2.24) is 24.8 Å². The van der Waals surface area contributed by atoms with Crippen LogP contribution < -0.4 is 0 Å². The van der Waals surface area contributed by atoms with Crippen molar-refractivity contribution in [2.45, 2.75) is 19.5 Å². The Labute approximate surface area is 144 Å². The minimum absolute atomic E-state index is 0.0236. The molecule has 0 unspecified atom stereocenters. The summed E-state index contributed by atoms with van der Waals surface area (Å²) in [6, 6.07) is 2.11. The van der Waals surface area contributed by atoms with Crippen LogP contribution >= 0.6 is 11.3 Å². The largest absolute Gasteiger partial charge is 0.379 e. The molecule has 0 N–H and O–H groups in total. The molecule has 128 valence electrons. The highest BCUT2D eigenvalue weighted by atomic mass is 32.1. The molecule has 2 aliphatic heterocycles. The van der Waals surface area contributed by atoms with Gasteiger partial charge in [0, 0.05) is 37.6 Å². The van der Waals surface area contributed by atoms with Gasteiger partial charge >= 0.3 is 0 Å². The van der Waals surface area contributed by atoms with E-state index in [2.05, 4.69) is 26.7 Å². The summed E-state index contributed by atoms with van der Waals surface area (Å²) in [6.07, 6.45) is 2.70. The average Bonchev–Trinajstić information content (AvgIpc) is 3.29. The van der Waals surface area contributed by atoms with Gasteiger partial charge in [-0.1, -0.05) is 5.21 Å². The summed E-state index contributed by atoms with van der Waals surface area (Å²) >= 11 is 1.78. The highest BCUT2D eigenvalue weighted by Gasteiger charge is 2.24. The van der Waals surface area contributed by atoms with Crippen LogP contribution in [-0.4, -0.2) is 70.1 Å². The SMILES string of the molecule is O=C(c1cn(CCN2CCOCC2)nn1)N1CCc2sccc2C1. The van der Waals surface area contributed by atoms with Crippen LogP contribution in [-0.2, 0) is 24.2 Å². The lowest BCUT2D eigenvalue weighted by atomic mass is 10.1. The van der Waals surface area contributed by atoms with E-state index in [-0.39, 0.29) is 5.91 Å². The fourth-order valence-corrected chi connectivity index (χ4v) is 4.05. The van der Waals surface area contributed by atoms with E-state index in [0.717, 1.165) is 52.4 Å². The van der Waals surface area contributed by atoms with Crippen molar-refractivity contribution < 1.29 is 9.53 Å². The summed E-state index contributed by atoms with van der Waals surface area (Å²) in [6.45, 7) is 6.58. The third kappa shape index (κ3) is 3.35. The predicted octanol–water partition coefficient (Wildman–Crippen LogP) is 0.870.